The van der Waals surface area contributed by atoms with Crippen molar-refractivity contribution in [1.29, 1.82) is 0 Å². The average molecular weight is 466 g/mol. The first-order chi connectivity index (χ1) is 16.4. The summed E-state index contributed by atoms with van der Waals surface area (Å²) in [5.74, 6) is -1.00. The molecule has 0 aliphatic carbocycles. The van der Waals surface area contributed by atoms with E-state index >= 15 is 0 Å². The molecule has 0 spiro atoms. The van der Waals surface area contributed by atoms with Crippen LogP contribution in [0.4, 0.5) is 4.39 Å². The van der Waals surface area contributed by atoms with Crippen molar-refractivity contribution in [2.75, 3.05) is 26.2 Å². The summed E-state index contributed by atoms with van der Waals surface area (Å²) in [6, 6.07) is 12.4. The highest BCUT2D eigenvalue weighted by molar-refractivity contribution is 5.98. The average Bonchev–Trinajstić information content (AvgIpc) is 2.87. The molecule has 7 heteroatoms. The van der Waals surface area contributed by atoms with Gasteiger partial charge in [-0.15, -0.1) is 0 Å². The molecule has 180 valence electrons. The van der Waals surface area contributed by atoms with Crippen molar-refractivity contribution in [3.8, 4) is 0 Å². The number of carbonyl (C=O) groups is 3. The molecule has 3 amide bonds. The number of nitrogens with zero attached hydrogens (tertiary/aromatic N) is 2. The van der Waals surface area contributed by atoms with Gasteiger partial charge in [0.05, 0.1) is 0 Å². The summed E-state index contributed by atoms with van der Waals surface area (Å²) in [6.45, 7) is 4.32. The minimum atomic E-state index is -0.627. The van der Waals surface area contributed by atoms with E-state index in [2.05, 4.69) is 5.32 Å². The lowest BCUT2D eigenvalue weighted by Gasteiger charge is -2.38. The lowest BCUT2D eigenvalue weighted by atomic mass is 9.87. The highest BCUT2D eigenvalue weighted by atomic mass is 19.1. The van der Waals surface area contributed by atoms with Gasteiger partial charge >= 0.3 is 0 Å². The normalized spacial score (nSPS) is 17.8. The quantitative estimate of drug-likeness (QED) is 0.730. The molecule has 4 rings (SSSR count). The van der Waals surface area contributed by atoms with Crippen LogP contribution in [-0.2, 0) is 4.79 Å². The number of halogens is 1. The van der Waals surface area contributed by atoms with Crippen LogP contribution in [0.3, 0.4) is 0 Å². The zero-order chi connectivity index (χ0) is 24.1. The van der Waals surface area contributed by atoms with E-state index in [4.69, 9.17) is 0 Å². The number of hydrogen-bond acceptors (Lipinski definition) is 3. The van der Waals surface area contributed by atoms with E-state index in [1.54, 1.807) is 23.1 Å². The third-order valence-electron chi connectivity index (χ3n) is 6.90. The molecule has 2 aliphatic rings. The van der Waals surface area contributed by atoms with Gasteiger partial charge in [0.1, 0.15) is 11.9 Å². The SMILES string of the molecule is Cc1ccc(C(=O)N[C@@H](C(=O)N2CCCCC2)C2CCN(C(=O)c3cccc(F)c3)CC2)cc1. The smallest absolute Gasteiger partial charge is 0.253 e. The zero-order valence-electron chi connectivity index (χ0n) is 19.6. The molecule has 0 radical (unpaired) electrons. The fourth-order valence-corrected chi connectivity index (χ4v) is 4.86. The van der Waals surface area contributed by atoms with Gasteiger partial charge in [0.15, 0.2) is 0 Å². The van der Waals surface area contributed by atoms with Crippen LogP contribution in [-0.4, -0.2) is 59.7 Å². The van der Waals surface area contributed by atoms with Crippen LogP contribution in [0, 0.1) is 18.7 Å². The first kappa shape index (κ1) is 23.9. The maximum absolute atomic E-state index is 13.6. The summed E-state index contributed by atoms with van der Waals surface area (Å²) in [5.41, 5.74) is 1.92. The Kier molecular flexibility index (Phi) is 7.60. The Morgan fingerprint density at radius 3 is 2.21 bits per heavy atom. The van der Waals surface area contributed by atoms with Crippen LogP contribution < -0.4 is 5.32 Å². The molecule has 0 bridgehead atoms. The van der Waals surface area contributed by atoms with E-state index in [0.717, 1.165) is 24.8 Å². The molecule has 1 N–H and O–H groups in total. The predicted molar refractivity (Wildman–Crippen MR) is 128 cm³/mol. The lowest BCUT2D eigenvalue weighted by molar-refractivity contribution is -0.136. The second-order valence-corrected chi connectivity index (χ2v) is 9.34. The molecule has 2 heterocycles. The molecule has 1 atom stereocenters. The molecule has 2 aromatic carbocycles. The van der Waals surface area contributed by atoms with Crippen LogP contribution in [0.5, 0.6) is 0 Å². The molecule has 2 fully saturated rings. The largest absolute Gasteiger partial charge is 0.341 e. The minimum absolute atomic E-state index is 0.0323. The van der Waals surface area contributed by atoms with Crippen LogP contribution >= 0.6 is 0 Å². The highest BCUT2D eigenvalue weighted by Crippen LogP contribution is 2.25. The van der Waals surface area contributed by atoms with Crippen molar-refractivity contribution in [3.63, 3.8) is 0 Å². The van der Waals surface area contributed by atoms with Crippen LogP contribution in [0.2, 0.25) is 0 Å². The standard InChI is InChI=1S/C27H32FN3O3/c1-19-8-10-21(11-9-19)25(32)29-24(27(34)30-14-3-2-4-15-30)20-12-16-31(17-13-20)26(33)22-6-5-7-23(28)18-22/h5-11,18,20,24H,2-4,12-17H2,1H3,(H,29,32)/t24-/m1/s1. The Morgan fingerprint density at radius 1 is 0.882 bits per heavy atom. The molecule has 2 aromatic rings. The number of aryl methyl sites for hydroxylation is 1. The molecule has 0 saturated carbocycles. The van der Waals surface area contributed by atoms with Crippen molar-refractivity contribution in [2.45, 2.75) is 45.1 Å². The summed E-state index contributed by atoms with van der Waals surface area (Å²) >= 11 is 0. The Labute approximate surface area is 200 Å². The number of nitrogens with one attached hydrogen (secondary N) is 1. The summed E-state index contributed by atoms with van der Waals surface area (Å²) in [6.07, 6.45) is 4.26. The molecule has 6 nitrogen and oxygen atoms in total. The van der Waals surface area contributed by atoms with Crippen molar-refractivity contribution in [1.82, 2.24) is 15.1 Å². The first-order valence-corrected chi connectivity index (χ1v) is 12.1. The number of piperidine rings is 2. The Morgan fingerprint density at radius 2 is 1.56 bits per heavy atom. The predicted octanol–water partition coefficient (Wildman–Crippen LogP) is 3.80. The summed E-state index contributed by atoms with van der Waals surface area (Å²) < 4.78 is 13.6. The van der Waals surface area contributed by atoms with E-state index in [0.29, 0.717) is 50.1 Å². The van der Waals surface area contributed by atoms with Gasteiger partial charge in [-0.25, -0.2) is 4.39 Å². The molecule has 2 aliphatic heterocycles. The van der Waals surface area contributed by atoms with Crippen LogP contribution in [0.25, 0.3) is 0 Å². The van der Waals surface area contributed by atoms with Gasteiger partial charge in [-0.2, -0.15) is 0 Å². The van der Waals surface area contributed by atoms with Gasteiger partial charge in [0.2, 0.25) is 5.91 Å². The molecular formula is C27H32FN3O3. The van der Waals surface area contributed by atoms with Crippen LogP contribution in [0.15, 0.2) is 48.5 Å². The highest BCUT2D eigenvalue weighted by Gasteiger charge is 2.36. The molecule has 0 unspecified atom stereocenters. The zero-order valence-corrected chi connectivity index (χ0v) is 19.6. The number of likely N-dealkylation sites (tertiary alicyclic amines) is 2. The van der Waals surface area contributed by atoms with Crippen LogP contribution in [0.1, 0.15) is 58.4 Å². The van der Waals surface area contributed by atoms with Crippen molar-refractivity contribution < 1.29 is 18.8 Å². The first-order valence-electron chi connectivity index (χ1n) is 12.1. The summed E-state index contributed by atoms with van der Waals surface area (Å²) in [7, 11) is 0. The van der Waals surface area contributed by atoms with E-state index in [1.165, 1.54) is 18.2 Å². The van der Waals surface area contributed by atoms with Gasteiger partial charge in [-0.3, -0.25) is 14.4 Å². The topological polar surface area (TPSA) is 69.7 Å². The molecule has 2 saturated heterocycles. The Balaban J connectivity index is 1.46. The summed E-state index contributed by atoms with van der Waals surface area (Å²) in [4.78, 5) is 42.9. The lowest BCUT2D eigenvalue weighted by Crippen LogP contribution is -2.55. The third kappa shape index (κ3) is 5.64. The van der Waals surface area contributed by atoms with E-state index in [1.807, 2.05) is 24.0 Å². The van der Waals surface area contributed by atoms with Gasteiger partial charge in [0, 0.05) is 37.3 Å². The monoisotopic (exact) mass is 465 g/mol. The molecule has 0 aromatic heterocycles. The number of benzene rings is 2. The Hall–Kier alpha value is -3.22. The fourth-order valence-electron chi connectivity index (χ4n) is 4.86. The summed E-state index contributed by atoms with van der Waals surface area (Å²) in [5, 5.41) is 3.02. The number of rotatable bonds is 5. The maximum Gasteiger partial charge on any atom is 0.253 e. The van der Waals surface area contributed by atoms with Gasteiger partial charge in [0.25, 0.3) is 11.8 Å². The van der Waals surface area contributed by atoms with E-state index in [-0.39, 0.29) is 23.6 Å². The van der Waals surface area contributed by atoms with E-state index in [9.17, 15) is 18.8 Å². The van der Waals surface area contributed by atoms with Crippen molar-refractivity contribution in [3.05, 3.63) is 71.0 Å². The third-order valence-corrected chi connectivity index (χ3v) is 6.90. The Bertz CT molecular complexity index is 1030. The van der Waals surface area contributed by atoms with Gasteiger partial charge < -0.3 is 15.1 Å². The van der Waals surface area contributed by atoms with Gasteiger partial charge in [-0.05, 0) is 75.3 Å². The van der Waals surface area contributed by atoms with E-state index < -0.39 is 11.9 Å². The second kappa shape index (κ2) is 10.8. The van der Waals surface area contributed by atoms with Gasteiger partial charge in [-0.1, -0.05) is 23.8 Å². The van der Waals surface area contributed by atoms with Crippen molar-refractivity contribution >= 4 is 17.7 Å². The number of amides is 3. The number of hydrogen-bond donors (Lipinski definition) is 1. The number of carbonyl (C=O) groups excluding carboxylic acids is 3. The molecular weight excluding hydrogens is 433 g/mol. The second-order valence-electron chi connectivity index (χ2n) is 9.34. The minimum Gasteiger partial charge on any atom is -0.341 e. The maximum atomic E-state index is 13.6. The van der Waals surface area contributed by atoms with Crippen molar-refractivity contribution in [2.24, 2.45) is 5.92 Å². The fraction of sp³-hybridized carbons (Fsp3) is 0.444. The molecule has 34 heavy (non-hydrogen) atoms.